The van der Waals surface area contributed by atoms with Crippen LogP contribution in [0.3, 0.4) is 0 Å². The van der Waals surface area contributed by atoms with Crippen molar-refractivity contribution in [1.82, 2.24) is 0 Å². The number of hydrogen-bond acceptors (Lipinski definition) is 0. The van der Waals surface area contributed by atoms with E-state index >= 15 is 0 Å². The third kappa shape index (κ3) is 33.3. The molecule has 0 radical (unpaired) electrons. The van der Waals surface area contributed by atoms with Crippen LogP contribution in [0.4, 0.5) is 0 Å². The van der Waals surface area contributed by atoms with E-state index < -0.39 is 0 Å². The molecule has 0 heterocycles. The minimum Gasteiger partial charge on any atom is -0.0683 e. The summed E-state index contributed by atoms with van der Waals surface area (Å²) in [5.41, 5.74) is 0. The lowest BCUT2D eigenvalue weighted by molar-refractivity contribution is 0.504. The minimum atomic E-state index is 1.32. The molecular weight excluding hydrogens is 156 g/mol. The summed E-state index contributed by atoms with van der Waals surface area (Å²) in [6, 6.07) is 0. The summed E-state index contributed by atoms with van der Waals surface area (Å²) < 4.78 is 0. The first kappa shape index (κ1) is 15.5. The molecule has 2 saturated carbocycles. The summed E-state index contributed by atoms with van der Waals surface area (Å²) in [4.78, 5) is 0. The lowest BCUT2D eigenvalue weighted by atomic mass is 10.0. The van der Waals surface area contributed by atoms with Gasteiger partial charge in [-0.1, -0.05) is 85.5 Å². The van der Waals surface area contributed by atoms with Crippen molar-refractivity contribution in [2.24, 2.45) is 0 Å². The second-order valence-electron chi connectivity index (χ2n) is 3.47. The molecule has 0 N–H and O–H groups in total. The van der Waals surface area contributed by atoms with Crippen molar-refractivity contribution >= 4 is 0 Å². The Hall–Kier alpha value is 0. The highest BCUT2D eigenvalue weighted by Crippen LogP contribution is 2.15. The lowest BCUT2D eigenvalue weighted by Crippen LogP contribution is -1.85. The van der Waals surface area contributed by atoms with Crippen LogP contribution in [0.1, 0.15) is 85.5 Å². The zero-order valence-corrected chi connectivity index (χ0v) is 10.4. The molecule has 2 rings (SSSR count). The molecular formula is C13H30. The molecule has 0 heteroatoms. The summed E-state index contributed by atoms with van der Waals surface area (Å²) in [5, 5.41) is 0. The average Bonchev–Trinajstić information content (AvgIpc) is 2.90. The molecule has 0 aliphatic heterocycles. The van der Waals surface area contributed by atoms with Crippen LogP contribution in [0, 0.1) is 0 Å². The van der Waals surface area contributed by atoms with Gasteiger partial charge in [0.15, 0.2) is 0 Å². The quantitative estimate of drug-likeness (QED) is 0.502. The molecule has 0 aromatic carbocycles. The van der Waals surface area contributed by atoms with Gasteiger partial charge in [0.05, 0.1) is 0 Å². The standard InChI is InChI=1S/C4H8.C4H10.C3H6.C2H6/c1-2-4-3-1;1-3-4-2;1-2-3-1;1-2/h1-4H2;3-4H2,1-2H3;1-3H2;1-2H3. The van der Waals surface area contributed by atoms with Gasteiger partial charge in [0.25, 0.3) is 0 Å². The van der Waals surface area contributed by atoms with Crippen LogP contribution in [0.15, 0.2) is 0 Å². The normalized spacial score (nSPS) is 15.7. The molecule has 2 aliphatic carbocycles. The van der Waals surface area contributed by atoms with Gasteiger partial charge >= 0.3 is 0 Å². The minimum absolute atomic E-state index is 1.32. The number of unbranched alkanes of at least 4 members (excludes halogenated alkanes) is 1. The summed E-state index contributed by atoms with van der Waals surface area (Å²) in [6.45, 7) is 8.36. The van der Waals surface area contributed by atoms with Gasteiger partial charge < -0.3 is 0 Å². The molecule has 0 nitrogen and oxygen atoms in total. The van der Waals surface area contributed by atoms with Gasteiger partial charge in [-0.05, 0) is 0 Å². The Bertz CT molecular complexity index is 42.3. The van der Waals surface area contributed by atoms with Crippen molar-refractivity contribution in [1.29, 1.82) is 0 Å². The first-order valence-electron chi connectivity index (χ1n) is 6.41. The van der Waals surface area contributed by atoms with Gasteiger partial charge in [-0.2, -0.15) is 0 Å². The molecule has 82 valence electrons. The molecule has 13 heavy (non-hydrogen) atoms. The summed E-state index contributed by atoms with van der Waals surface area (Å²) in [5.74, 6) is 0. The number of hydrogen-bond donors (Lipinski definition) is 0. The second-order valence-corrected chi connectivity index (χ2v) is 3.47. The van der Waals surface area contributed by atoms with Crippen LogP contribution in [-0.4, -0.2) is 0 Å². The molecule has 0 saturated heterocycles. The highest BCUT2D eigenvalue weighted by Gasteiger charge is 1.95. The maximum absolute atomic E-state index is 2.18. The topological polar surface area (TPSA) is 0 Å². The van der Waals surface area contributed by atoms with E-state index in [1.807, 2.05) is 13.8 Å². The van der Waals surface area contributed by atoms with Gasteiger partial charge in [-0.25, -0.2) is 0 Å². The molecule has 0 spiro atoms. The molecule has 0 atom stereocenters. The predicted octanol–water partition coefficient (Wildman–Crippen LogP) is 5.56. The van der Waals surface area contributed by atoms with Crippen molar-refractivity contribution in [3.05, 3.63) is 0 Å². The second kappa shape index (κ2) is 17.9. The predicted molar refractivity (Wildman–Crippen MR) is 64.2 cm³/mol. The first-order chi connectivity index (χ1) is 6.41. The van der Waals surface area contributed by atoms with Crippen LogP contribution in [0.25, 0.3) is 0 Å². The monoisotopic (exact) mass is 186 g/mol. The van der Waals surface area contributed by atoms with E-state index in [2.05, 4.69) is 13.8 Å². The van der Waals surface area contributed by atoms with E-state index in [0.717, 1.165) is 0 Å². The summed E-state index contributed by atoms with van der Waals surface area (Å²) in [7, 11) is 0. The van der Waals surface area contributed by atoms with Gasteiger partial charge in [-0.3, -0.25) is 0 Å². The Labute approximate surface area is 86.1 Å². The highest BCUT2D eigenvalue weighted by molar-refractivity contribution is 4.51. The Balaban J connectivity index is 0. The van der Waals surface area contributed by atoms with Crippen LogP contribution < -0.4 is 0 Å². The first-order valence-corrected chi connectivity index (χ1v) is 6.41. The van der Waals surface area contributed by atoms with Crippen molar-refractivity contribution in [3.63, 3.8) is 0 Å². The van der Waals surface area contributed by atoms with Gasteiger partial charge in [-0.15, -0.1) is 0 Å². The fourth-order valence-corrected chi connectivity index (χ4v) is 0.250. The summed E-state index contributed by atoms with van der Waals surface area (Å²) in [6.07, 6.45) is 13.1. The van der Waals surface area contributed by atoms with Gasteiger partial charge in [0.2, 0.25) is 0 Å². The van der Waals surface area contributed by atoms with Crippen molar-refractivity contribution in [3.8, 4) is 0 Å². The smallest absolute Gasteiger partial charge is 0.0533 e. The van der Waals surface area contributed by atoms with Crippen LogP contribution >= 0.6 is 0 Å². The largest absolute Gasteiger partial charge is 0.0683 e. The highest BCUT2D eigenvalue weighted by atomic mass is 14.0. The third-order valence-electron chi connectivity index (χ3n) is 1.85. The molecule has 0 aromatic heterocycles. The Morgan fingerprint density at radius 1 is 0.538 bits per heavy atom. The van der Waals surface area contributed by atoms with Crippen molar-refractivity contribution < 1.29 is 0 Å². The fourth-order valence-electron chi connectivity index (χ4n) is 0.250. The van der Waals surface area contributed by atoms with Gasteiger partial charge in [0, 0.05) is 0 Å². The Morgan fingerprint density at radius 2 is 0.692 bits per heavy atom. The maximum Gasteiger partial charge on any atom is -0.0533 e. The van der Waals surface area contributed by atoms with Crippen LogP contribution in [0.5, 0.6) is 0 Å². The zero-order valence-electron chi connectivity index (χ0n) is 10.4. The molecule has 2 aliphatic rings. The van der Waals surface area contributed by atoms with E-state index in [0.29, 0.717) is 0 Å². The molecule has 0 bridgehead atoms. The number of rotatable bonds is 1. The lowest BCUT2D eigenvalue weighted by Gasteiger charge is -2.05. The van der Waals surface area contributed by atoms with Crippen molar-refractivity contribution in [2.45, 2.75) is 85.5 Å². The van der Waals surface area contributed by atoms with E-state index in [4.69, 9.17) is 0 Å². The summed E-state index contributed by atoms with van der Waals surface area (Å²) >= 11 is 0. The Morgan fingerprint density at radius 3 is 0.692 bits per heavy atom. The Kier molecular flexibility index (Phi) is 21.3. The zero-order chi connectivity index (χ0) is 10.4. The van der Waals surface area contributed by atoms with Gasteiger partial charge in [0.1, 0.15) is 0 Å². The van der Waals surface area contributed by atoms with Crippen LogP contribution in [-0.2, 0) is 0 Å². The molecule has 0 aromatic rings. The molecule has 0 amide bonds. The molecule has 2 fully saturated rings. The average molecular weight is 186 g/mol. The van der Waals surface area contributed by atoms with Crippen molar-refractivity contribution in [2.75, 3.05) is 0 Å². The van der Waals surface area contributed by atoms with E-state index in [-0.39, 0.29) is 0 Å². The van der Waals surface area contributed by atoms with Crippen LogP contribution in [0.2, 0.25) is 0 Å². The third-order valence-corrected chi connectivity index (χ3v) is 1.85. The van der Waals surface area contributed by atoms with E-state index in [9.17, 15) is 0 Å². The van der Waals surface area contributed by atoms with E-state index in [1.54, 1.807) is 0 Å². The maximum atomic E-state index is 2.18. The fraction of sp³-hybridized carbons (Fsp3) is 1.00. The van der Waals surface area contributed by atoms with E-state index in [1.165, 1.54) is 57.8 Å². The SMILES string of the molecule is C1CC1.C1CCC1.CC.CCCC. The molecule has 0 unspecified atom stereocenters.